The minimum Gasteiger partial charge on any atom is -0.490 e. The standard InChI is InChI=1S/C28H29F2N5O2/c1-3-34(4-2)11-6-12-37-25-17-31-28(32-18-25)21-8-5-7-20(13-21)19-35-27(36)10-9-26(33-35)22-14-23(29)16-24(30)15-22/h5,7-10,13-18H,3-4,6,11-12,19H2,1-2H3. The van der Waals surface area contributed by atoms with Crippen LogP contribution >= 0.6 is 0 Å². The van der Waals surface area contributed by atoms with Gasteiger partial charge >= 0.3 is 0 Å². The second kappa shape index (κ2) is 12.3. The van der Waals surface area contributed by atoms with Crippen LogP contribution in [0.15, 0.2) is 71.8 Å². The number of nitrogens with zero attached hydrogens (tertiary/aromatic N) is 5. The average Bonchev–Trinajstić information content (AvgIpc) is 2.90. The summed E-state index contributed by atoms with van der Waals surface area (Å²) in [7, 11) is 0. The van der Waals surface area contributed by atoms with Crippen molar-refractivity contribution in [1.82, 2.24) is 24.6 Å². The van der Waals surface area contributed by atoms with Gasteiger partial charge in [0.25, 0.3) is 5.56 Å². The lowest BCUT2D eigenvalue weighted by atomic mass is 10.1. The van der Waals surface area contributed by atoms with Crippen LogP contribution in [-0.2, 0) is 6.54 Å². The van der Waals surface area contributed by atoms with Crippen LogP contribution in [-0.4, -0.2) is 50.9 Å². The molecule has 9 heteroatoms. The first kappa shape index (κ1) is 26.1. The van der Waals surface area contributed by atoms with E-state index in [0.29, 0.717) is 23.9 Å². The minimum absolute atomic E-state index is 0.173. The average molecular weight is 506 g/mol. The highest BCUT2D eigenvalue weighted by Gasteiger charge is 2.09. The normalized spacial score (nSPS) is 11.2. The lowest BCUT2D eigenvalue weighted by molar-refractivity contribution is 0.248. The van der Waals surface area contributed by atoms with Crippen molar-refractivity contribution in [3.05, 3.63) is 94.5 Å². The Morgan fingerprint density at radius 1 is 0.919 bits per heavy atom. The number of rotatable bonds is 11. The van der Waals surface area contributed by atoms with Crippen LogP contribution in [0.25, 0.3) is 22.6 Å². The van der Waals surface area contributed by atoms with Gasteiger partial charge in [-0.1, -0.05) is 32.0 Å². The molecule has 4 aromatic rings. The van der Waals surface area contributed by atoms with Crippen molar-refractivity contribution in [2.45, 2.75) is 26.8 Å². The van der Waals surface area contributed by atoms with Crippen LogP contribution in [0.2, 0.25) is 0 Å². The Labute approximate surface area is 214 Å². The summed E-state index contributed by atoms with van der Waals surface area (Å²) in [6.07, 6.45) is 4.23. The van der Waals surface area contributed by atoms with E-state index in [2.05, 4.69) is 33.8 Å². The first-order valence-corrected chi connectivity index (χ1v) is 12.3. The maximum atomic E-state index is 13.6. The molecular weight excluding hydrogens is 476 g/mol. The molecule has 0 saturated heterocycles. The summed E-state index contributed by atoms with van der Waals surface area (Å²) >= 11 is 0. The third-order valence-electron chi connectivity index (χ3n) is 5.95. The fourth-order valence-electron chi connectivity index (χ4n) is 3.96. The predicted molar refractivity (Wildman–Crippen MR) is 138 cm³/mol. The lowest BCUT2D eigenvalue weighted by Gasteiger charge is -2.17. The fraction of sp³-hybridized carbons (Fsp3) is 0.286. The largest absolute Gasteiger partial charge is 0.490 e. The first-order chi connectivity index (χ1) is 17.9. The molecule has 7 nitrogen and oxygen atoms in total. The molecule has 0 fully saturated rings. The summed E-state index contributed by atoms with van der Waals surface area (Å²) in [6.45, 7) is 8.09. The van der Waals surface area contributed by atoms with Gasteiger partial charge in [-0.3, -0.25) is 4.79 Å². The van der Waals surface area contributed by atoms with Gasteiger partial charge in [0.2, 0.25) is 0 Å². The molecule has 37 heavy (non-hydrogen) atoms. The van der Waals surface area contributed by atoms with Crippen LogP contribution < -0.4 is 10.3 Å². The molecule has 4 rings (SSSR count). The van der Waals surface area contributed by atoms with E-state index in [9.17, 15) is 13.6 Å². The number of ether oxygens (including phenoxy) is 1. The van der Waals surface area contributed by atoms with E-state index < -0.39 is 11.6 Å². The van der Waals surface area contributed by atoms with Crippen molar-refractivity contribution in [2.24, 2.45) is 0 Å². The van der Waals surface area contributed by atoms with Crippen LogP contribution in [0, 0.1) is 11.6 Å². The van der Waals surface area contributed by atoms with Crippen molar-refractivity contribution in [1.29, 1.82) is 0 Å². The SMILES string of the molecule is CCN(CC)CCCOc1cnc(-c2cccc(Cn3nc(-c4cc(F)cc(F)c4)ccc3=O)c2)nc1. The van der Waals surface area contributed by atoms with E-state index in [1.54, 1.807) is 12.4 Å². The Kier molecular flexibility index (Phi) is 8.68. The zero-order valence-electron chi connectivity index (χ0n) is 20.9. The molecule has 0 spiro atoms. The summed E-state index contributed by atoms with van der Waals surface area (Å²) in [4.78, 5) is 23.6. The quantitative estimate of drug-likeness (QED) is 0.273. The second-order valence-corrected chi connectivity index (χ2v) is 8.54. The molecular formula is C28H29F2N5O2. The van der Waals surface area contributed by atoms with Crippen LogP contribution in [0.3, 0.4) is 0 Å². The summed E-state index contributed by atoms with van der Waals surface area (Å²) in [5, 5.41) is 4.31. The topological polar surface area (TPSA) is 73.1 Å². The van der Waals surface area contributed by atoms with E-state index in [4.69, 9.17) is 4.74 Å². The zero-order chi connectivity index (χ0) is 26.2. The zero-order valence-corrected chi connectivity index (χ0v) is 20.9. The van der Waals surface area contributed by atoms with Crippen molar-refractivity contribution < 1.29 is 13.5 Å². The molecule has 0 saturated carbocycles. The van der Waals surface area contributed by atoms with Crippen molar-refractivity contribution in [3.63, 3.8) is 0 Å². The molecule has 2 heterocycles. The van der Waals surface area contributed by atoms with E-state index in [1.807, 2.05) is 24.3 Å². The van der Waals surface area contributed by atoms with Gasteiger partial charge in [0.15, 0.2) is 11.6 Å². The highest BCUT2D eigenvalue weighted by Crippen LogP contribution is 2.20. The van der Waals surface area contributed by atoms with E-state index in [-0.39, 0.29) is 17.7 Å². The Balaban J connectivity index is 1.44. The summed E-state index contributed by atoms with van der Waals surface area (Å²) < 4.78 is 34.3. The number of halogens is 2. The van der Waals surface area contributed by atoms with Crippen LogP contribution in [0.4, 0.5) is 8.78 Å². The molecule has 0 unspecified atom stereocenters. The fourth-order valence-corrected chi connectivity index (χ4v) is 3.96. The monoisotopic (exact) mass is 505 g/mol. The van der Waals surface area contributed by atoms with Gasteiger partial charge in [-0.15, -0.1) is 0 Å². The van der Waals surface area contributed by atoms with Gasteiger partial charge in [-0.2, -0.15) is 5.10 Å². The van der Waals surface area contributed by atoms with Gasteiger partial charge in [0.1, 0.15) is 11.6 Å². The maximum absolute atomic E-state index is 13.6. The second-order valence-electron chi connectivity index (χ2n) is 8.54. The lowest BCUT2D eigenvalue weighted by Crippen LogP contribution is -2.25. The Morgan fingerprint density at radius 3 is 2.35 bits per heavy atom. The number of hydrogen-bond donors (Lipinski definition) is 0. The predicted octanol–water partition coefficient (Wildman–Crippen LogP) is 4.80. The molecule has 0 aliphatic carbocycles. The van der Waals surface area contributed by atoms with Gasteiger partial charge in [-0.25, -0.2) is 23.4 Å². The number of benzene rings is 2. The molecule has 2 aromatic carbocycles. The van der Waals surface area contributed by atoms with Crippen LogP contribution in [0.1, 0.15) is 25.8 Å². The Morgan fingerprint density at radius 2 is 1.65 bits per heavy atom. The molecule has 0 aliphatic rings. The maximum Gasteiger partial charge on any atom is 0.267 e. The minimum atomic E-state index is -0.710. The molecule has 0 bridgehead atoms. The number of hydrogen-bond acceptors (Lipinski definition) is 6. The van der Waals surface area contributed by atoms with Crippen molar-refractivity contribution in [2.75, 3.05) is 26.2 Å². The molecule has 0 amide bonds. The smallest absolute Gasteiger partial charge is 0.267 e. The van der Waals surface area contributed by atoms with Gasteiger partial charge in [-0.05, 0) is 49.3 Å². The molecule has 0 radical (unpaired) electrons. The Hall–Kier alpha value is -3.98. The third-order valence-corrected chi connectivity index (χ3v) is 5.95. The Bertz CT molecular complexity index is 1370. The highest BCUT2D eigenvalue weighted by molar-refractivity contribution is 5.58. The molecule has 192 valence electrons. The van der Waals surface area contributed by atoms with E-state index >= 15 is 0 Å². The molecule has 2 aromatic heterocycles. The van der Waals surface area contributed by atoms with Crippen molar-refractivity contribution >= 4 is 0 Å². The summed E-state index contributed by atoms with van der Waals surface area (Å²) in [6, 6.07) is 13.4. The third kappa shape index (κ3) is 7.04. The van der Waals surface area contributed by atoms with Gasteiger partial charge in [0.05, 0.1) is 31.2 Å². The van der Waals surface area contributed by atoms with E-state index in [1.165, 1.54) is 28.9 Å². The van der Waals surface area contributed by atoms with Gasteiger partial charge in [0, 0.05) is 29.8 Å². The van der Waals surface area contributed by atoms with Gasteiger partial charge < -0.3 is 9.64 Å². The molecule has 0 aliphatic heterocycles. The van der Waals surface area contributed by atoms with E-state index in [0.717, 1.165) is 43.2 Å². The number of aromatic nitrogens is 4. The highest BCUT2D eigenvalue weighted by atomic mass is 19.1. The first-order valence-electron chi connectivity index (χ1n) is 12.3. The summed E-state index contributed by atoms with van der Waals surface area (Å²) in [5.41, 5.74) is 1.80. The molecule has 0 atom stereocenters. The summed E-state index contributed by atoms with van der Waals surface area (Å²) in [5.74, 6) is -0.279. The van der Waals surface area contributed by atoms with Crippen molar-refractivity contribution in [3.8, 4) is 28.4 Å². The molecule has 0 N–H and O–H groups in total. The van der Waals surface area contributed by atoms with Crippen LogP contribution in [0.5, 0.6) is 5.75 Å².